The standard InChI is InChI=1S/C9H11O2P/c1-6(11)8-4-2-3-7(5-10)9(8)12/h3,5H,2,4,12H2,1H3. The molecule has 0 aromatic rings. The molecule has 0 saturated carbocycles. The molecule has 0 bridgehead atoms. The maximum atomic E-state index is 11.1. The number of hydrogen-bond donors (Lipinski definition) is 0. The molecule has 3 heteroatoms. The molecular weight excluding hydrogens is 171 g/mol. The first-order valence-corrected chi connectivity index (χ1v) is 4.40. The van der Waals surface area contributed by atoms with Gasteiger partial charge in [0.25, 0.3) is 0 Å². The summed E-state index contributed by atoms with van der Waals surface area (Å²) in [7, 11) is 2.46. The Morgan fingerprint density at radius 2 is 2.33 bits per heavy atom. The Kier molecular flexibility index (Phi) is 2.93. The molecule has 0 aromatic carbocycles. The summed E-state index contributed by atoms with van der Waals surface area (Å²) in [5, 5.41) is 0.767. The van der Waals surface area contributed by atoms with Crippen LogP contribution in [0.5, 0.6) is 0 Å². The number of carbonyl (C=O) groups is 2. The molecule has 1 unspecified atom stereocenters. The lowest BCUT2D eigenvalue weighted by atomic mass is 9.97. The summed E-state index contributed by atoms with van der Waals surface area (Å²) in [6.45, 7) is 1.53. The van der Waals surface area contributed by atoms with Crippen molar-refractivity contribution in [2.45, 2.75) is 19.8 Å². The SMILES string of the molecule is CC(=O)C1=C(P)C(C=O)=CCC1. The maximum Gasteiger partial charge on any atom is 0.156 e. The molecule has 0 radical (unpaired) electrons. The predicted molar refractivity (Wildman–Crippen MR) is 50.8 cm³/mol. The molecule has 0 N–H and O–H groups in total. The molecule has 0 aromatic heterocycles. The van der Waals surface area contributed by atoms with Crippen LogP contribution in [-0.4, -0.2) is 12.1 Å². The average molecular weight is 182 g/mol. The van der Waals surface area contributed by atoms with Crippen molar-refractivity contribution in [1.82, 2.24) is 0 Å². The van der Waals surface area contributed by atoms with E-state index in [1.54, 1.807) is 0 Å². The van der Waals surface area contributed by atoms with Crippen molar-refractivity contribution in [1.29, 1.82) is 0 Å². The Labute approximate surface area is 73.9 Å². The number of hydrogen-bond acceptors (Lipinski definition) is 2. The first-order chi connectivity index (χ1) is 5.66. The van der Waals surface area contributed by atoms with E-state index in [1.807, 2.05) is 6.08 Å². The third-order valence-electron chi connectivity index (χ3n) is 1.95. The zero-order valence-electron chi connectivity index (χ0n) is 6.96. The number of rotatable bonds is 2. The van der Waals surface area contributed by atoms with Crippen molar-refractivity contribution in [3.05, 3.63) is 22.5 Å². The molecule has 0 fully saturated rings. The van der Waals surface area contributed by atoms with Gasteiger partial charge in [0.2, 0.25) is 0 Å². The van der Waals surface area contributed by atoms with Gasteiger partial charge in [-0.15, -0.1) is 9.24 Å². The highest BCUT2D eigenvalue weighted by Gasteiger charge is 2.14. The number of Topliss-reactive ketones (excluding diaryl/α,β-unsaturated/α-hetero) is 1. The molecular formula is C9H11O2P. The van der Waals surface area contributed by atoms with E-state index < -0.39 is 0 Å². The molecule has 2 nitrogen and oxygen atoms in total. The van der Waals surface area contributed by atoms with Gasteiger partial charge in [-0.3, -0.25) is 9.59 Å². The van der Waals surface area contributed by atoms with Gasteiger partial charge in [0.15, 0.2) is 5.78 Å². The maximum absolute atomic E-state index is 11.1. The van der Waals surface area contributed by atoms with Gasteiger partial charge < -0.3 is 0 Å². The van der Waals surface area contributed by atoms with Gasteiger partial charge in [-0.25, -0.2) is 0 Å². The van der Waals surface area contributed by atoms with E-state index in [1.165, 1.54) is 6.92 Å². The molecule has 0 amide bonds. The topological polar surface area (TPSA) is 34.1 Å². The highest BCUT2D eigenvalue weighted by atomic mass is 31.0. The van der Waals surface area contributed by atoms with Crippen molar-refractivity contribution >= 4 is 21.3 Å². The molecule has 1 aliphatic carbocycles. The van der Waals surface area contributed by atoms with Crippen molar-refractivity contribution in [2.24, 2.45) is 0 Å². The minimum atomic E-state index is 0.0625. The number of ketones is 1. The fourth-order valence-electron chi connectivity index (χ4n) is 1.27. The third-order valence-corrected chi connectivity index (χ3v) is 2.63. The summed E-state index contributed by atoms with van der Waals surface area (Å²) in [5.74, 6) is 0.0625. The van der Waals surface area contributed by atoms with Crippen molar-refractivity contribution in [2.75, 3.05) is 0 Å². The van der Waals surface area contributed by atoms with Gasteiger partial charge in [0, 0.05) is 11.1 Å². The zero-order valence-corrected chi connectivity index (χ0v) is 8.12. The molecule has 64 valence electrons. The lowest BCUT2D eigenvalue weighted by molar-refractivity contribution is -0.113. The van der Waals surface area contributed by atoms with Crippen LogP contribution in [0.15, 0.2) is 22.5 Å². The molecule has 1 atom stereocenters. The van der Waals surface area contributed by atoms with E-state index >= 15 is 0 Å². The number of aldehydes is 1. The Bertz CT molecular complexity index is 287. The highest BCUT2D eigenvalue weighted by Crippen LogP contribution is 2.29. The van der Waals surface area contributed by atoms with Gasteiger partial charge >= 0.3 is 0 Å². The Hall–Kier alpha value is -0.750. The van der Waals surface area contributed by atoms with Crippen molar-refractivity contribution in [3.63, 3.8) is 0 Å². The van der Waals surface area contributed by atoms with Crippen LogP contribution in [0.1, 0.15) is 19.8 Å². The lowest BCUT2D eigenvalue weighted by Crippen LogP contribution is -2.04. The minimum absolute atomic E-state index is 0.0625. The fourth-order valence-corrected chi connectivity index (χ4v) is 1.80. The van der Waals surface area contributed by atoms with Crippen LogP contribution >= 0.6 is 9.24 Å². The number of allylic oxidation sites excluding steroid dienone is 4. The van der Waals surface area contributed by atoms with E-state index in [0.29, 0.717) is 5.57 Å². The quantitative estimate of drug-likeness (QED) is 0.480. The molecule has 0 saturated heterocycles. The van der Waals surface area contributed by atoms with Crippen molar-refractivity contribution in [3.8, 4) is 0 Å². The second kappa shape index (κ2) is 3.77. The van der Waals surface area contributed by atoms with Crippen molar-refractivity contribution < 1.29 is 9.59 Å². The van der Waals surface area contributed by atoms with Gasteiger partial charge in [0.1, 0.15) is 6.29 Å². The summed E-state index contributed by atoms with van der Waals surface area (Å²) in [4.78, 5) is 21.6. The van der Waals surface area contributed by atoms with Crippen LogP contribution in [0.3, 0.4) is 0 Å². The molecule has 0 spiro atoms. The van der Waals surface area contributed by atoms with E-state index in [-0.39, 0.29) is 5.78 Å². The lowest BCUT2D eigenvalue weighted by Gasteiger charge is -2.13. The van der Waals surface area contributed by atoms with Crippen LogP contribution in [-0.2, 0) is 9.59 Å². The summed E-state index contributed by atoms with van der Waals surface area (Å²) in [6.07, 6.45) is 4.21. The van der Waals surface area contributed by atoms with Gasteiger partial charge in [0.05, 0.1) is 0 Å². The van der Waals surface area contributed by atoms with Crippen LogP contribution in [0, 0.1) is 0 Å². The minimum Gasteiger partial charge on any atom is -0.298 e. The normalized spacial score (nSPS) is 17.3. The van der Waals surface area contributed by atoms with E-state index in [2.05, 4.69) is 9.24 Å². The second-order valence-corrected chi connectivity index (χ2v) is 3.34. The zero-order chi connectivity index (χ0) is 9.14. The van der Waals surface area contributed by atoms with Crippen LogP contribution in [0.2, 0.25) is 0 Å². The Morgan fingerprint density at radius 1 is 1.67 bits per heavy atom. The Balaban J connectivity index is 3.06. The summed E-state index contributed by atoms with van der Waals surface area (Å²) in [6, 6.07) is 0. The second-order valence-electron chi connectivity index (χ2n) is 2.76. The molecule has 12 heavy (non-hydrogen) atoms. The van der Waals surface area contributed by atoms with Gasteiger partial charge in [-0.2, -0.15) is 0 Å². The first-order valence-electron chi connectivity index (χ1n) is 3.82. The van der Waals surface area contributed by atoms with Gasteiger partial charge in [-0.05, 0) is 25.1 Å². The monoisotopic (exact) mass is 182 g/mol. The molecule has 1 aliphatic rings. The highest BCUT2D eigenvalue weighted by molar-refractivity contribution is 7.23. The van der Waals surface area contributed by atoms with Crippen LogP contribution in [0.25, 0.3) is 0 Å². The van der Waals surface area contributed by atoms with Gasteiger partial charge in [-0.1, -0.05) is 6.08 Å². The summed E-state index contributed by atoms with van der Waals surface area (Å²) >= 11 is 0. The molecule has 1 rings (SSSR count). The average Bonchev–Trinajstić information content (AvgIpc) is 2.04. The van der Waals surface area contributed by atoms with Crippen LogP contribution in [0.4, 0.5) is 0 Å². The van der Waals surface area contributed by atoms with E-state index in [4.69, 9.17) is 0 Å². The summed E-state index contributed by atoms with van der Waals surface area (Å²) < 4.78 is 0. The number of carbonyl (C=O) groups excluding carboxylic acids is 2. The molecule has 0 aliphatic heterocycles. The summed E-state index contributed by atoms with van der Waals surface area (Å²) in [5.41, 5.74) is 1.40. The molecule has 0 heterocycles. The van der Waals surface area contributed by atoms with E-state index in [0.717, 1.165) is 30.0 Å². The van der Waals surface area contributed by atoms with E-state index in [9.17, 15) is 9.59 Å². The smallest absolute Gasteiger partial charge is 0.156 e. The van der Waals surface area contributed by atoms with Crippen LogP contribution < -0.4 is 0 Å². The third kappa shape index (κ3) is 1.70. The predicted octanol–water partition coefficient (Wildman–Crippen LogP) is 1.62. The fraction of sp³-hybridized carbons (Fsp3) is 0.333. The first kappa shape index (κ1) is 9.34. The largest absolute Gasteiger partial charge is 0.298 e. The Morgan fingerprint density at radius 3 is 2.83 bits per heavy atom.